The van der Waals surface area contributed by atoms with Gasteiger partial charge in [0.2, 0.25) is 10.0 Å². The van der Waals surface area contributed by atoms with Gasteiger partial charge in [-0.25, -0.2) is 8.42 Å². The summed E-state index contributed by atoms with van der Waals surface area (Å²) in [5, 5.41) is 0. The van der Waals surface area contributed by atoms with Crippen molar-refractivity contribution in [3.63, 3.8) is 0 Å². The highest BCUT2D eigenvalue weighted by molar-refractivity contribution is 7.88. The third-order valence-corrected chi connectivity index (χ3v) is 9.97. The van der Waals surface area contributed by atoms with Crippen molar-refractivity contribution >= 4 is 15.9 Å². The molecule has 0 aromatic heterocycles. The van der Waals surface area contributed by atoms with E-state index in [-0.39, 0.29) is 23.8 Å². The predicted molar refractivity (Wildman–Crippen MR) is 158 cm³/mol. The maximum Gasteiger partial charge on any atom is 0.258 e. The highest BCUT2D eigenvalue weighted by atomic mass is 32.2. The maximum absolute atomic E-state index is 13.6. The zero-order chi connectivity index (χ0) is 29.1. The van der Waals surface area contributed by atoms with Crippen molar-refractivity contribution in [2.45, 2.75) is 50.7 Å². The molecule has 3 unspecified atom stereocenters. The Labute approximate surface area is 242 Å². The van der Waals surface area contributed by atoms with Crippen LogP contribution < -0.4 is 9.47 Å². The van der Waals surface area contributed by atoms with Crippen LogP contribution in [0.3, 0.4) is 0 Å². The molecule has 0 bridgehead atoms. The van der Waals surface area contributed by atoms with Gasteiger partial charge in [-0.1, -0.05) is 48.5 Å². The van der Waals surface area contributed by atoms with Crippen LogP contribution >= 0.6 is 0 Å². The van der Waals surface area contributed by atoms with E-state index in [0.29, 0.717) is 42.3 Å². The number of likely N-dealkylation sites (tertiary alicyclic amines) is 1. The van der Waals surface area contributed by atoms with Crippen LogP contribution in [0.5, 0.6) is 11.5 Å². The molecule has 3 aromatic rings. The molecule has 218 valence electrons. The second kappa shape index (κ2) is 12.2. The molecule has 3 aromatic carbocycles. The van der Waals surface area contributed by atoms with Crippen LogP contribution in [0.15, 0.2) is 66.7 Å². The second-order valence-corrected chi connectivity index (χ2v) is 12.7. The lowest BCUT2D eigenvalue weighted by molar-refractivity contribution is 0.0339. The van der Waals surface area contributed by atoms with Crippen molar-refractivity contribution < 1.29 is 27.4 Å². The van der Waals surface area contributed by atoms with E-state index in [1.54, 1.807) is 41.6 Å². The number of sulfonamides is 1. The largest absolute Gasteiger partial charge is 0.496 e. The van der Waals surface area contributed by atoms with Crippen LogP contribution in [0.1, 0.15) is 51.5 Å². The minimum atomic E-state index is -3.56. The first kappa shape index (κ1) is 29.1. The smallest absolute Gasteiger partial charge is 0.258 e. The number of ether oxygens (including phenoxy) is 3. The molecule has 1 amide bonds. The maximum atomic E-state index is 13.6. The normalized spacial score (nSPS) is 21.3. The van der Waals surface area contributed by atoms with Gasteiger partial charge in [0.15, 0.2) is 0 Å². The topological polar surface area (TPSA) is 85.4 Å². The Balaban J connectivity index is 1.29. The molecule has 2 saturated heterocycles. The summed E-state index contributed by atoms with van der Waals surface area (Å²) in [5.41, 5.74) is 4.20. The molecule has 0 saturated carbocycles. The van der Waals surface area contributed by atoms with E-state index in [0.717, 1.165) is 29.5 Å². The zero-order valence-electron chi connectivity index (χ0n) is 24.1. The minimum Gasteiger partial charge on any atom is -0.496 e. The molecule has 2 aliphatic rings. The zero-order valence-corrected chi connectivity index (χ0v) is 24.9. The van der Waals surface area contributed by atoms with E-state index in [9.17, 15) is 13.2 Å². The van der Waals surface area contributed by atoms with E-state index in [1.807, 2.05) is 62.4 Å². The lowest BCUT2D eigenvalue weighted by atomic mass is 10.0. The Morgan fingerprint density at radius 1 is 0.927 bits per heavy atom. The number of amides is 1. The number of methoxy groups -OCH3 is 2. The third kappa shape index (κ3) is 6.12. The van der Waals surface area contributed by atoms with Gasteiger partial charge in [-0.15, -0.1) is 0 Å². The fourth-order valence-corrected chi connectivity index (χ4v) is 7.79. The number of aryl methyl sites for hydroxylation is 2. The number of hydrogen-bond acceptors (Lipinski definition) is 6. The van der Waals surface area contributed by atoms with Crippen LogP contribution in [0.4, 0.5) is 0 Å². The molecule has 0 N–H and O–H groups in total. The van der Waals surface area contributed by atoms with E-state index >= 15 is 0 Å². The third-order valence-electron chi connectivity index (χ3n) is 8.12. The average Bonchev–Trinajstić information content (AvgIpc) is 3.61. The number of carbonyl (C=O) groups excluding carboxylic acids is 1. The van der Waals surface area contributed by atoms with Crippen LogP contribution in [0.25, 0.3) is 0 Å². The first-order valence-corrected chi connectivity index (χ1v) is 15.6. The van der Waals surface area contributed by atoms with Gasteiger partial charge in [0, 0.05) is 13.7 Å². The van der Waals surface area contributed by atoms with Crippen molar-refractivity contribution in [3.05, 3.63) is 94.5 Å². The van der Waals surface area contributed by atoms with Gasteiger partial charge in [0.05, 0.1) is 37.6 Å². The highest BCUT2D eigenvalue weighted by Gasteiger charge is 2.39. The Hall–Kier alpha value is -3.40. The molecule has 0 radical (unpaired) electrons. The molecular weight excluding hydrogens is 540 g/mol. The van der Waals surface area contributed by atoms with E-state index in [2.05, 4.69) is 0 Å². The Kier molecular flexibility index (Phi) is 8.68. The molecule has 8 nitrogen and oxygen atoms in total. The molecule has 0 spiro atoms. The first-order chi connectivity index (χ1) is 19.7. The lowest BCUT2D eigenvalue weighted by Gasteiger charge is -2.26. The van der Waals surface area contributed by atoms with Gasteiger partial charge < -0.3 is 19.1 Å². The summed E-state index contributed by atoms with van der Waals surface area (Å²) in [7, 11) is -0.400. The number of benzene rings is 3. The standard InChI is InChI=1S/C32H38N2O6S/c1-22-10-5-6-14-26(22)27-15-9-17-34(27)41(36,37)21-24-12-8-13-25(18-24)40-30-20-33(19-29(30)39-4)32(35)31-23(2)11-7-16-28(31)38-3/h5-8,10-14,16,18,27,29-30H,9,15,17,19-21H2,1-4H3. The fraction of sp³-hybridized carbons (Fsp3) is 0.406. The van der Waals surface area contributed by atoms with Gasteiger partial charge in [0.1, 0.15) is 23.7 Å². The summed E-state index contributed by atoms with van der Waals surface area (Å²) in [5.74, 6) is 0.832. The molecule has 9 heteroatoms. The van der Waals surface area contributed by atoms with Gasteiger partial charge in [-0.05, 0) is 67.1 Å². The predicted octanol–water partition coefficient (Wildman–Crippen LogP) is 4.90. The van der Waals surface area contributed by atoms with E-state index in [4.69, 9.17) is 14.2 Å². The van der Waals surface area contributed by atoms with Crippen LogP contribution in [0.2, 0.25) is 0 Å². The van der Waals surface area contributed by atoms with Gasteiger partial charge >= 0.3 is 0 Å². The summed E-state index contributed by atoms with van der Waals surface area (Å²) in [6, 6.07) is 20.6. The molecule has 3 atom stereocenters. The molecular formula is C32H38N2O6S. The average molecular weight is 579 g/mol. The van der Waals surface area contributed by atoms with E-state index < -0.39 is 16.1 Å². The quantitative estimate of drug-likeness (QED) is 0.359. The second-order valence-electron chi connectivity index (χ2n) is 10.8. The minimum absolute atomic E-state index is 0.108. The van der Waals surface area contributed by atoms with Crippen molar-refractivity contribution in [1.29, 1.82) is 0 Å². The lowest BCUT2D eigenvalue weighted by Crippen LogP contribution is -2.32. The highest BCUT2D eigenvalue weighted by Crippen LogP contribution is 2.37. The first-order valence-electron chi connectivity index (χ1n) is 14.0. The SMILES string of the molecule is COc1cccc(C)c1C(=O)N1CC(OC)C(Oc2cccc(CS(=O)(=O)N3CCCC3c3ccccc3C)c2)C1. The number of rotatable bonds is 9. The summed E-state index contributed by atoms with van der Waals surface area (Å²) < 4.78 is 46.3. The molecule has 2 heterocycles. The van der Waals surface area contributed by atoms with Crippen molar-refractivity contribution in [3.8, 4) is 11.5 Å². The van der Waals surface area contributed by atoms with E-state index in [1.165, 1.54) is 0 Å². The van der Waals surface area contributed by atoms with Gasteiger partial charge in [-0.3, -0.25) is 4.79 Å². The summed E-state index contributed by atoms with van der Waals surface area (Å²) in [6.45, 7) is 5.15. The van der Waals surface area contributed by atoms with Crippen LogP contribution in [0, 0.1) is 13.8 Å². The number of nitrogens with zero attached hydrogens (tertiary/aromatic N) is 2. The molecule has 2 fully saturated rings. The Morgan fingerprint density at radius 3 is 2.41 bits per heavy atom. The van der Waals surface area contributed by atoms with Crippen molar-refractivity contribution in [1.82, 2.24) is 9.21 Å². The van der Waals surface area contributed by atoms with Gasteiger partial charge in [-0.2, -0.15) is 4.31 Å². The van der Waals surface area contributed by atoms with Crippen LogP contribution in [-0.4, -0.2) is 69.6 Å². The summed E-state index contributed by atoms with van der Waals surface area (Å²) in [4.78, 5) is 15.2. The van der Waals surface area contributed by atoms with Crippen molar-refractivity contribution in [2.75, 3.05) is 33.9 Å². The Morgan fingerprint density at radius 2 is 1.66 bits per heavy atom. The molecule has 5 rings (SSSR count). The summed E-state index contributed by atoms with van der Waals surface area (Å²) in [6.07, 6.45) is 0.915. The molecule has 41 heavy (non-hydrogen) atoms. The van der Waals surface area contributed by atoms with Crippen molar-refractivity contribution in [2.24, 2.45) is 0 Å². The van der Waals surface area contributed by atoms with Gasteiger partial charge in [0.25, 0.3) is 5.91 Å². The molecule has 0 aliphatic carbocycles. The van der Waals surface area contributed by atoms with Crippen LogP contribution in [-0.2, 0) is 20.5 Å². The molecule has 2 aliphatic heterocycles. The number of carbonyl (C=O) groups is 1. The number of hydrogen-bond donors (Lipinski definition) is 0. The monoisotopic (exact) mass is 578 g/mol. The Bertz CT molecular complexity index is 1510. The summed E-state index contributed by atoms with van der Waals surface area (Å²) >= 11 is 0. The fourth-order valence-electron chi connectivity index (χ4n) is 6.01.